The molecule has 0 spiro atoms. The minimum atomic E-state index is 0.199. The van der Waals surface area contributed by atoms with Gasteiger partial charge >= 0.3 is 0 Å². The van der Waals surface area contributed by atoms with Crippen LogP contribution in [0.4, 0.5) is 0 Å². The number of nitrogens with zero attached hydrogens (tertiary/aromatic N) is 4. The molecule has 4 rings (SSSR count). The van der Waals surface area contributed by atoms with Crippen LogP contribution in [-0.4, -0.2) is 32.9 Å². The Kier molecular flexibility index (Phi) is 3.96. The van der Waals surface area contributed by atoms with Crippen molar-refractivity contribution in [2.45, 2.75) is 25.5 Å². The Bertz CT molecular complexity index is 776. The standard InChI is InChI=1S/C18H19N5O/c1-13(14-6-8-16(9-7-14)23-12-20-21-22-23)19-11-17-10-15-4-2-3-5-18(15)24-17/h2-9,12-13,17,19H,10-11H2,1H3/t13-,17-/m1/s1. The van der Waals surface area contributed by atoms with E-state index in [1.807, 2.05) is 24.3 Å². The van der Waals surface area contributed by atoms with Crippen LogP contribution in [-0.2, 0) is 6.42 Å². The predicted octanol–water partition coefficient (Wildman–Crippen LogP) is 2.32. The maximum atomic E-state index is 5.97. The normalized spacial score (nSPS) is 17.3. The highest BCUT2D eigenvalue weighted by molar-refractivity contribution is 5.37. The second-order valence-corrected chi connectivity index (χ2v) is 6.03. The molecule has 122 valence electrons. The van der Waals surface area contributed by atoms with Gasteiger partial charge in [0.2, 0.25) is 0 Å². The molecule has 1 aromatic heterocycles. The number of nitrogens with one attached hydrogen (secondary N) is 1. The van der Waals surface area contributed by atoms with Crippen LogP contribution in [0.3, 0.4) is 0 Å². The summed E-state index contributed by atoms with van der Waals surface area (Å²) in [5.41, 5.74) is 3.47. The van der Waals surface area contributed by atoms with Crippen LogP contribution in [0.25, 0.3) is 5.69 Å². The first kappa shape index (κ1) is 14.8. The summed E-state index contributed by atoms with van der Waals surface area (Å²) in [4.78, 5) is 0. The van der Waals surface area contributed by atoms with Gasteiger partial charge in [-0.3, -0.25) is 0 Å². The van der Waals surface area contributed by atoms with E-state index in [9.17, 15) is 0 Å². The molecule has 0 fully saturated rings. The van der Waals surface area contributed by atoms with Gasteiger partial charge in [0.05, 0.1) is 5.69 Å². The number of rotatable bonds is 5. The number of aromatic nitrogens is 4. The van der Waals surface area contributed by atoms with E-state index in [1.54, 1.807) is 11.0 Å². The zero-order chi connectivity index (χ0) is 16.4. The number of fused-ring (bicyclic) bond motifs is 1. The van der Waals surface area contributed by atoms with Crippen LogP contribution in [0.15, 0.2) is 54.9 Å². The van der Waals surface area contributed by atoms with Gasteiger partial charge in [-0.2, -0.15) is 0 Å². The Morgan fingerprint density at radius 1 is 1.21 bits per heavy atom. The van der Waals surface area contributed by atoms with E-state index in [1.165, 1.54) is 11.1 Å². The lowest BCUT2D eigenvalue weighted by molar-refractivity contribution is 0.222. The molecular formula is C18H19N5O. The zero-order valence-electron chi connectivity index (χ0n) is 13.5. The molecule has 1 aliphatic heterocycles. The summed E-state index contributed by atoms with van der Waals surface area (Å²) >= 11 is 0. The third-order valence-corrected chi connectivity index (χ3v) is 4.37. The van der Waals surface area contributed by atoms with Gasteiger partial charge in [0.25, 0.3) is 0 Å². The van der Waals surface area contributed by atoms with E-state index in [4.69, 9.17) is 4.74 Å². The van der Waals surface area contributed by atoms with Gasteiger partial charge in [-0.25, -0.2) is 4.68 Å². The molecule has 0 radical (unpaired) electrons. The number of para-hydroxylation sites is 1. The van der Waals surface area contributed by atoms with Gasteiger partial charge in [0.15, 0.2) is 0 Å². The summed E-state index contributed by atoms with van der Waals surface area (Å²) < 4.78 is 7.62. The summed E-state index contributed by atoms with van der Waals surface area (Å²) in [5, 5.41) is 14.8. The van der Waals surface area contributed by atoms with E-state index in [0.29, 0.717) is 0 Å². The molecule has 2 atom stereocenters. The summed E-state index contributed by atoms with van der Waals surface area (Å²) in [5.74, 6) is 1.02. The van der Waals surface area contributed by atoms with Crippen LogP contribution >= 0.6 is 0 Å². The monoisotopic (exact) mass is 321 g/mol. The zero-order valence-corrected chi connectivity index (χ0v) is 13.5. The molecule has 0 saturated carbocycles. The van der Waals surface area contributed by atoms with Crippen LogP contribution in [0.5, 0.6) is 5.75 Å². The number of tetrazole rings is 1. The summed E-state index contributed by atoms with van der Waals surface area (Å²) in [7, 11) is 0. The summed E-state index contributed by atoms with van der Waals surface area (Å²) in [6.45, 7) is 2.98. The van der Waals surface area contributed by atoms with Gasteiger partial charge in [0, 0.05) is 19.0 Å². The first-order valence-electron chi connectivity index (χ1n) is 8.11. The van der Waals surface area contributed by atoms with Crippen molar-refractivity contribution >= 4 is 0 Å². The van der Waals surface area contributed by atoms with Crippen molar-refractivity contribution in [1.82, 2.24) is 25.5 Å². The molecule has 0 bridgehead atoms. The lowest BCUT2D eigenvalue weighted by atomic mass is 10.1. The van der Waals surface area contributed by atoms with E-state index >= 15 is 0 Å². The molecule has 1 aliphatic rings. The molecule has 3 aromatic rings. The minimum absolute atomic E-state index is 0.199. The Hall–Kier alpha value is -2.73. The second kappa shape index (κ2) is 6.41. The van der Waals surface area contributed by atoms with Crippen molar-refractivity contribution < 1.29 is 4.74 Å². The van der Waals surface area contributed by atoms with Gasteiger partial charge in [-0.15, -0.1) is 5.10 Å². The predicted molar refractivity (Wildman–Crippen MR) is 90.1 cm³/mol. The van der Waals surface area contributed by atoms with Gasteiger partial charge in [-0.1, -0.05) is 30.3 Å². The largest absolute Gasteiger partial charge is 0.488 e. The first-order chi connectivity index (χ1) is 11.8. The fourth-order valence-electron chi connectivity index (χ4n) is 2.99. The molecule has 6 heteroatoms. The first-order valence-corrected chi connectivity index (χ1v) is 8.11. The van der Waals surface area contributed by atoms with Crippen LogP contribution in [0.1, 0.15) is 24.1 Å². The maximum absolute atomic E-state index is 5.97. The topological polar surface area (TPSA) is 64.9 Å². The lowest BCUT2D eigenvalue weighted by Gasteiger charge is -2.18. The number of benzene rings is 2. The lowest BCUT2D eigenvalue weighted by Crippen LogP contribution is -2.31. The molecular weight excluding hydrogens is 302 g/mol. The van der Waals surface area contributed by atoms with Crippen LogP contribution in [0.2, 0.25) is 0 Å². The van der Waals surface area contributed by atoms with Crippen molar-refractivity contribution in [2.75, 3.05) is 6.54 Å². The third-order valence-electron chi connectivity index (χ3n) is 4.37. The van der Waals surface area contributed by atoms with Gasteiger partial charge in [0.1, 0.15) is 18.2 Å². The third kappa shape index (κ3) is 3.00. The van der Waals surface area contributed by atoms with Crippen molar-refractivity contribution in [3.8, 4) is 11.4 Å². The average molecular weight is 321 g/mol. The number of hydrogen-bond acceptors (Lipinski definition) is 5. The fraction of sp³-hybridized carbons (Fsp3) is 0.278. The smallest absolute Gasteiger partial charge is 0.143 e. The number of hydrogen-bond donors (Lipinski definition) is 1. The highest BCUT2D eigenvalue weighted by atomic mass is 16.5. The quantitative estimate of drug-likeness (QED) is 0.781. The van der Waals surface area contributed by atoms with E-state index < -0.39 is 0 Å². The van der Waals surface area contributed by atoms with Crippen LogP contribution < -0.4 is 10.1 Å². The molecule has 1 N–H and O–H groups in total. The maximum Gasteiger partial charge on any atom is 0.143 e. The Morgan fingerprint density at radius 2 is 2.04 bits per heavy atom. The Morgan fingerprint density at radius 3 is 2.79 bits per heavy atom. The van der Waals surface area contributed by atoms with Crippen molar-refractivity contribution in [2.24, 2.45) is 0 Å². The molecule has 2 aromatic carbocycles. The van der Waals surface area contributed by atoms with Gasteiger partial charge < -0.3 is 10.1 Å². The Labute approximate surface area is 140 Å². The highest BCUT2D eigenvalue weighted by Gasteiger charge is 2.22. The summed E-state index contributed by atoms with van der Waals surface area (Å²) in [6.07, 6.45) is 2.75. The van der Waals surface area contributed by atoms with Crippen LogP contribution in [0, 0.1) is 0 Å². The Balaban J connectivity index is 1.34. The molecule has 0 amide bonds. The van der Waals surface area contributed by atoms with E-state index in [2.05, 4.69) is 52.0 Å². The SMILES string of the molecule is C[C@@H](NC[C@H]1Cc2ccccc2O1)c1ccc(-n2cnnn2)cc1. The molecule has 0 aliphatic carbocycles. The van der Waals surface area contributed by atoms with Crippen molar-refractivity contribution in [3.63, 3.8) is 0 Å². The molecule has 0 saturated heterocycles. The molecule has 24 heavy (non-hydrogen) atoms. The minimum Gasteiger partial charge on any atom is -0.488 e. The van der Waals surface area contributed by atoms with Crippen molar-refractivity contribution in [3.05, 3.63) is 66.0 Å². The molecule has 0 unspecified atom stereocenters. The molecule has 2 heterocycles. The molecule has 6 nitrogen and oxygen atoms in total. The van der Waals surface area contributed by atoms with E-state index in [0.717, 1.165) is 24.4 Å². The van der Waals surface area contributed by atoms with Crippen molar-refractivity contribution in [1.29, 1.82) is 0 Å². The second-order valence-electron chi connectivity index (χ2n) is 6.03. The highest BCUT2D eigenvalue weighted by Crippen LogP contribution is 2.28. The van der Waals surface area contributed by atoms with E-state index in [-0.39, 0.29) is 12.1 Å². The number of ether oxygens (including phenoxy) is 1. The fourth-order valence-corrected chi connectivity index (χ4v) is 2.99. The van der Waals surface area contributed by atoms with Gasteiger partial charge in [-0.05, 0) is 46.7 Å². The average Bonchev–Trinajstić information content (AvgIpc) is 3.29. The summed E-state index contributed by atoms with van der Waals surface area (Å²) in [6, 6.07) is 16.7.